The highest BCUT2D eigenvalue weighted by Gasteiger charge is 2.33. The van der Waals surface area contributed by atoms with Crippen LogP contribution >= 0.6 is 11.6 Å². The molecule has 4 amide bonds. The summed E-state index contributed by atoms with van der Waals surface area (Å²) in [5, 5.41) is 4.65. The summed E-state index contributed by atoms with van der Waals surface area (Å²) in [6.45, 7) is 3.92. The van der Waals surface area contributed by atoms with Crippen LogP contribution in [-0.4, -0.2) is 59.9 Å². The smallest absolute Gasteiger partial charge is 0.342 e. The molecule has 11 heteroatoms. The summed E-state index contributed by atoms with van der Waals surface area (Å²) in [5.41, 5.74) is -1.16. The summed E-state index contributed by atoms with van der Waals surface area (Å²) in [6, 6.07) is 0.857. The van der Waals surface area contributed by atoms with E-state index in [1.54, 1.807) is 4.90 Å². The van der Waals surface area contributed by atoms with Gasteiger partial charge in [-0.05, 0) is 57.2 Å². The molecule has 2 fully saturated rings. The maximum atomic E-state index is 12.9. The minimum atomic E-state index is -4.58. The van der Waals surface area contributed by atoms with Crippen LogP contribution in [0, 0.1) is 5.92 Å². The van der Waals surface area contributed by atoms with Crippen LogP contribution in [0.5, 0.6) is 0 Å². The topological polar surface area (TPSA) is 81.8 Å². The zero-order valence-corrected chi connectivity index (χ0v) is 19.1. The minimum Gasteiger partial charge on any atom is -0.342 e. The number of rotatable bonds is 4. The quantitative estimate of drug-likeness (QED) is 0.669. The van der Waals surface area contributed by atoms with E-state index in [4.69, 9.17) is 11.6 Å². The molecule has 182 valence electrons. The van der Waals surface area contributed by atoms with E-state index in [1.165, 1.54) is 6.92 Å². The zero-order valence-electron chi connectivity index (χ0n) is 18.4. The third kappa shape index (κ3) is 6.52. The molecule has 0 bridgehead atoms. The molecule has 2 saturated heterocycles. The molecule has 0 unspecified atom stereocenters. The lowest BCUT2D eigenvalue weighted by Gasteiger charge is -2.36. The number of likely N-dealkylation sites (tertiary alicyclic amines) is 2. The minimum absolute atomic E-state index is 0.0578. The number of piperidine rings is 2. The number of nitrogens with zero attached hydrogens (tertiary/aromatic N) is 2. The monoisotopic (exact) mass is 488 g/mol. The van der Waals surface area contributed by atoms with Gasteiger partial charge in [0.1, 0.15) is 6.04 Å². The summed E-state index contributed by atoms with van der Waals surface area (Å²) < 4.78 is 38.7. The normalized spacial score (nSPS) is 18.6. The number of hydrogen-bond acceptors (Lipinski definition) is 3. The van der Waals surface area contributed by atoms with Crippen molar-refractivity contribution >= 4 is 35.1 Å². The SMILES string of the molecule is C[C@@H](NC(=O)Nc1cc(C(F)(F)F)ccc1Cl)C(=O)N1CCC(C(=O)N2CCCCC2)CC1. The second-order valence-electron chi connectivity index (χ2n) is 8.50. The van der Waals surface area contributed by atoms with Gasteiger partial charge in [-0.2, -0.15) is 13.2 Å². The van der Waals surface area contributed by atoms with E-state index in [-0.39, 0.29) is 28.4 Å². The van der Waals surface area contributed by atoms with Gasteiger partial charge in [-0.15, -0.1) is 0 Å². The van der Waals surface area contributed by atoms with Crippen LogP contribution in [0.25, 0.3) is 0 Å². The Morgan fingerprint density at radius 1 is 1.03 bits per heavy atom. The van der Waals surface area contributed by atoms with E-state index in [2.05, 4.69) is 10.6 Å². The van der Waals surface area contributed by atoms with Crippen molar-refractivity contribution in [3.63, 3.8) is 0 Å². The van der Waals surface area contributed by atoms with Gasteiger partial charge in [0.25, 0.3) is 0 Å². The lowest BCUT2D eigenvalue weighted by atomic mass is 9.94. The fraction of sp³-hybridized carbons (Fsp3) is 0.591. The van der Waals surface area contributed by atoms with Gasteiger partial charge in [0, 0.05) is 32.1 Å². The van der Waals surface area contributed by atoms with Gasteiger partial charge in [-0.25, -0.2) is 4.79 Å². The predicted molar refractivity (Wildman–Crippen MR) is 118 cm³/mol. The van der Waals surface area contributed by atoms with Crippen molar-refractivity contribution in [1.29, 1.82) is 0 Å². The molecule has 1 aromatic carbocycles. The molecule has 2 aliphatic heterocycles. The van der Waals surface area contributed by atoms with Crippen LogP contribution in [0.2, 0.25) is 5.02 Å². The van der Waals surface area contributed by atoms with Crippen molar-refractivity contribution in [3.05, 3.63) is 28.8 Å². The molecule has 2 aliphatic rings. The molecule has 1 atom stereocenters. The summed E-state index contributed by atoms with van der Waals surface area (Å²) in [7, 11) is 0. The van der Waals surface area contributed by atoms with Gasteiger partial charge >= 0.3 is 12.2 Å². The number of halogens is 4. The van der Waals surface area contributed by atoms with E-state index in [0.717, 1.165) is 50.6 Å². The first kappa shape index (κ1) is 25.1. The van der Waals surface area contributed by atoms with Gasteiger partial charge in [0.2, 0.25) is 11.8 Å². The summed E-state index contributed by atoms with van der Waals surface area (Å²) in [6.07, 6.45) is -0.239. The molecule has 1 aromatic rings. The molecule has 3 rings (SSSR count). The average molecular weight is 489 g/mol. The van der Waals surface area contributed by atoms with Crippen molar-refractivity contribution in [2.75, 3.05) is 31.5 Å². The Morgan fingerprint density at radius 2 is 1.67 bits per heavy atom. The molecule has 0 radical (unpaired) electrons. The third-order valence-electron chi connectivity index (χ3n) is 6.08. The second-order valence-corrected chi connectivity index (χ2v) is 8.91. The average Bonchev–Trinajstić information content (AvgIpc) is 2.79. The molecule has 2 N–H and O–H groups in total. The fourth-order valence-electron chi connectivity index (χ4n) is 4.21. The lowest BCUT2D eigenvalue weighted by Crippen LogP contribution is -2.51. The van der Waals surface area contributed by atoms with E-state index in [9.17, 15) is 27.6 Å². The van der Waals surface area contributed by atoms with Crippen LogP contribution in [0.3, 0.4) is 0 Å². The first-order chi connectivity index (χ1) is 15.6. The molecule has 33 heavy (non-hydrogen) atoms. The molecule has 0 aromatic heterocycles. The number of carbonyl (C=O) groups excluding carboxylic acids is 3. The Morgan fingerprint density at radius 3 is 2.27 bits per heavy atom. The molecule has 0 saturated carbocycles. The number of nitrogens with one attached hydrogen (secondary N) is 2. The van der Waals surface area contributed by atoms with E-state index in [1.807, 2.05) is 4.90 Å². The highest BCUT2D eigenvalue weighted by molar-refractivity contribution is 6.33. The van der Waals surface area contributed by atoms with E-state index in [0.29, 0.717) is 25.9 Å². The third-order valence-corrected chi connectivity index (χ3v) is 6.41. The number of anilines is 1. The number of amides is 4. The maximum Gasteiger partial charge on any atom is 0.416 e. The lowest BCUT2D eigenvalue weighted by molar-refractivity contribution is -0.141. The molecule has 0 aliphatic carbocycles. The Kier molecular flexibility index (Phi) is 8.10. The van der Waals surface area contributed by atoms with Crippen molar-refractivity contribution < 1.29 is 27.6 Å². The van der Waals surface area contributed by atoms with Crippen LogP contribution in [0.15, 0.2) is 18.2 Å². The zero-order chi connectivity index (χ0) is 24.2. The van der Waals surface area contributed by atoms with Gasteiger partial charge in [0.05, 0.1) is 16.3 Å². The fourth-order valence-corrected chi connectivity index (χ4v) is 4.37. The number of benzene rings is 1. The predicted octanol–water partition coefficient (Wildman–Crippen LogP) is 4.12. The first-order valence-electron chi connectivity index (χ1n) is 11.1. The highest BCUT2D eigenvalue weighted by atomic mass is 35.5. The van der Waals surface area contributed by atoms with Gasteiger partial charge in [0.15, 0.2) is 0 Å². The summed E-state index contributed by atoms with van der Waals surface area (Å²) in [5.74, 6) is -0.253. The number of alkyl halides is 3. The van der Waals surface area contributed by atoms with Crippen molar-refractivity contribution in [3.8, 4) is 0 Å². The van der Waals surface area contributed by atoms with Gasteiger partial charge < -0.3 is 20.4 Å². The number of hydrogen-bond donors (Lipinski definition) is 2. The molecule has 0 spiro atoms. The Hall–Kier alpha value is -2.49. The molecule has 2 heterocycles. The van der Waals surface area contributed by atoms with Gasteiger partial charge in [-0.3, -0.25) is 9.59 Å². The van der Waals surface area contributed by atoms with Crippen LogP contribution < -0.4 is 10.6 Å². The summed E-state index contributed by atoms with van der Waals surface area (Å²) in [4.78, 5) is 41.2. The Bertz CT molecular complexity index is 882. The van der Waals surface area contributed by atoms with Crippen LogP contribution in [0.1, 0.15) is 44.6 Å². The van der Waals surface area contributed by atoms with Gasteiger partial charge in [-0.1, -0.05) is 11.6 Å². The van der Waals surface area contributed by atoms with Crippen molar-refractivity contribution in [2.45, 2.75) is 51.2 Å². The van der Waals surface area contributed by atoms with Crippen LogP contribution in [-0.2, 0) is 15.8 Å². The molecular formula is C22H28ClF3N4O3. The maximum absolute atomic E-state index is 12.9. The molecule has 7 nitrogen and oxygen atoms in total. The van der Waals surface area contributed by atoms with Crippen LogP contribution in [0.4, 0.5) is 23.7 Å². The Labute approximate surface area is 195 Å². The molecular weight excluding hydrogens is 461 g/mol. The van der Waals surface area contributed by atoms with E-state index < -0.39 is 23.8 Å². The van der Waals surface area contributed by atoms with Crippen molar-refractivity contribution in [2.24, 2.45) is 5.92 Å². The van der Waals surface area contributed by atoms with Crippen molar-refractivity contribution in [1.82, 2.24) is 15.1 Å². The van der Waals surface area contributed by atoms with E-state index >= 15 is 0 Å². The number of urea groups is 1. The first-order valence-corrected chi connectivity index (χ1v) is 11.5. The highest BCUT2D eigenvalue weighted by Crippen LogP contribution is 2.33. The largest absolute Gasteiger partial charge is 0.416 e. The Balaban J connectivity index is 1.50. The number of carbonyl (C=O) groups is 3. The second kappa shape index (κ2) is 10.6. The summed E-state index contributed by atoms with van der Waals surface area (Å²) >= 11 is 5.89. The standard InChI is InChI=1S/C22H28ClF3N4O3/c1-14(27-21(33)28-18-13-16(22(24,25)26)5-6-17(18)23)19(31)30-11-7-15(8-12-30)20(32)29-9-3-2-4-10-29/h5-6,13-15H,2-4,7-12H2,1H3,(H2,27,28,33)/t14-/m1/s1.